The summed E-state index contributed by atoms with van der Waals surface area (Å²) >= 11 is 0. The van der Waals surface area contributed by atoms with Gasteiger partial charge in [-0.2, -0.15) is 0 Å². The number of nitrogens with one attached hydrogen (secondary N) is 1. The van der Waals surface area contributed by atoms with E-state index in [0.29, 0.717) is 18.7 Å². The van der Waals surface area contributed by atoms with E-state index in [1.54, 1.807) is 0 Å². The number of nitrogens with zero attached hydrogens (tertiary/aromatic N) is 1. The lowest BCUT2D eigenvalue weighted by atomic mass is 10.1. The molecule has 2 rings (SSSR count). The molecule has 114 valence electrons. The first-order valence-electron chi connectivity index (χ1n) is 6.59. The third-order valence-electron chi connectivity index (χ3n) is 3.23. The van der Waals surface area contributed by atoms with Crippen molar-refractivity contribution in [2.24, 2.45) is 0 Å². The summed E-state index contributed by atoms with van der Waals surface area (Å²) in [6, 6.07) is 7.66. The number of amides is 1. The highest BCUT2D eigenvalue weighted by molar-refractivity contribution is 5.85. The SMILES string of the molecule is Cc1noc(C)c1CC(=O)NCCc1ccc(N)cc1.Cl. The molecule has 0 atom stereocenters. The van der Waals surface area contributed by atoms with Crippen molar-refractivity contribution in [1.82, 2.24) is 10.5 Å². The molecule has 1 heterocycles. The number of rotatable bonds is 5. The molecule has 1 aromatic carbocycles. The van der Waals surface area contributed by atoms with Crippen LogP contribution in [0, 0.1) is 13.8 Å². The number of halogens is 1. The van der Waals surface area contributed by atoms with E-state index in [0.717, 1.165) is 28.9 Å². The predicted molar refractivity (Wildman–Crippen MR) is 84.5 cm³/mol. The molecule has 0 bridgehead atoms. The molecule has 0 aliphatic rings. The van der Waals surface area contributed by atoms with Gasteiger partial charge in [0.1, 0.15) is 5.76 Å². The maximum Gasteiger partial charge on any atom is 0.224 e. The molecule has 2 aromatic rings. The van der Waals surface area contributed by atoms with Crippen LogP contribution in [0.5, 0.6) is 0 Å². The van der Waals surface area contributed by atoms with E-state index >= 15 is 0 Å². The Balaban J connectivity index is 0.00000220. The quantitative estimate of drug-likeness (QED) is 0.830. The average molecular weight is 310 g/mol. The molecule has 0 aliphatic carbocycles. The van der Waals surface area contributed by atoms with Crippen molar-refractivity contribution in [2.45, 2.75) is 26.7 Å². The number of nitrogen functional groups attached to an aromatic ring is 1. The van der Waals surface area contributed by atoms with Crippen molar-refractivity contribution in [1.29, 1.82) is 0 Å². The number of aromatic nitrogens is 1. The molecular formula is C15H20ClN3O2. The van der Waals surface area contributed by atoms with E-state index < -0.39 is 0 Å². The molecule has 6 heteroatoms. The highest BCUT2D eigenvalue weighted by Gasteiger charge is 2.12. The van der Waals surface area contributed by atoms with Gasteiger partial charge in [0.05, 0.1) is 12.1 Å². The Labute approximate surface area is 130 Å². The van der Waals surface area contributed by atoms with Crippen LogP contribution in [0.25, 0.3) is 0 Å². The van der Waals surface area contributed by atoms with Gasteiger partial charge in [0.15, 0.2) is 0 Å². The second-order valence-electron chi connectivity index (χ2n) is 4.82. The minimum Gasteiger partial charge on any atom is -0.399 e. The van der Waals surface area contributed by atoms with Crippen molar-refractivity contribution >= 4 is 24.0 Å². The molecule has 0 radical (unpaired) electrons. The van der Waals surface area contributed by atoms with Crippen molar-refractivity contribution in [3.8, 4) is 0 Å². The lowest BCUT2D eigenvalue weighted by Gasteiger charge is -2.05. The van der Waals surface area contributed by atoms with Crippen LogP contribution < -0.4 is 11.1 Å². The zero-order valence-corrected chi connectivity index (χ0v) is 13.0. The van der Waals surface area contributed by atoms with Crippen LogP contribution >= 0.6 is 12.4 Å². The van der Waals surface area contributed by atoms with Crippen molar-refractivity contribution in [3.05, 3.63) is 46.8 Å². The fraction of sp³-hybridized carbons (Fsp3) is 0.333. The van der Waals surface area contributed by atoms with E-state index in [2.05, 4.69) is 10.5 Å². The normalized spacial score (nSPS) is 10.0. The van der Waals surface area contributed by atoms with Gasteiger partial charge in [-0.1, -0.05) is 17.3 Å². The van der Waals surface area contributed by atoms with Gasteiger partial charge in [0.2, 0.25) is 5.91 Å². The van der Waals surface area contributed by atoms with E-state index in [-0.39, 0.29) is 18.3 Å². The Kier molecular flexibility index (Phi) is 6.24. The first-order valence-corrected chi connectivity index (χ1v) is 6.59. The largest absolute Gasteiger partial charge is 0.399 e. The summed E-state index contributed by atoms with van der Waals surface area (Å²) in [7, 11) is 0. The van der Waals surface area contributed by atoms with Crippen LogP contribution in [-0.4, -0.2) is 17.6 Å². The minimum absolute atomic E-state index is 0. The van der Waals surface area contributed by atoms with Gasteiger partial charge >= 0.3 is 0 Å². The fourth-order valence-corrected chi connectivity index (χ4v) is 2.01. The first-order chi connectivity index (χ1) is 9.56. The first kappa shape index (κ1) is 17.0. The van der Waals surface area contributed by atoms with Crippen molar-refractivity contribution in [2.75, 3.05) is 12.3 Å². The Morgan fingerprint density at radius 1 is 1.29 bits per heavy atom. The van der Waals surface area contributed by atoms with E-state index in [1.165, 1.54) is 0 Å². The maximum atomic E-state index is 11.9. The molecule has 0 saturated carbocycles. The van der Waals surface area contributed by atoms with Gasteiger partial charge in [0.25, 0.3) is 0 Å². The molecule has 0 unspecified atom stereocenters. The van der Waals surface area contributed by atoms with E-state index in [4.69, 9.17) is 10.3 Å². The van der Waals surface area contributed by atoms with Gasteiger partial charge in [-0.05, 0) is 38.0 Å². The Morgan fingerprint density at radius 3 is 2.52 bits per heavy atom. The highest BCUT2D eigenvalue weighted by atomic mass is 35.5. The molecule has 1 amide bonds. The second kappa shape index (κ2) is 7.69. The molecule has 0 fully saturated rings. The number of carbonyl (C=O) groups excluding carboxylic acids is 1. The number of hydrogen-bond donors (Lipinski definition) is 2. The van der Waals surface area contributed by atoms with E-state index in [1.807, 2.05) is 38.1 Å². The summed E-state index contributed by atoms with van der Waals surface area (Å²) in [4.78, 5) is 11.9. The number of nitrogens with two attached hydrogens (primary N) is 1. The van der Waals surface area contributed by atoms with E-state index in [9.17, 15) is 4.79 Å². The molecule has 0 aliphatic heterocycles. The van der Waals surface area contributed by atoms with Crippen LogP contribution in [0.3, 0.4) is 0 Å². The van der Waals surface area contributed by atoms with Gasteiger partial charge in [-0.15, -0.1) is 12.4 Å². The predicted octanol–water partition coefficient (Wildman–Crippen LogP) is 2.20. The standard InChI is InChI=1S/C15H19N3O2.ClH/c1-10-14(11(2)20-18-10)9-15(19)17-8-7-12-3-5-13(16)6-4-12;/h3-6H,7-9,16H2,1-2H3,(H,17,19);1H. The summed E-state index contributed by atoms with van der Waals surface area (Å²) < 4.78 is 5.04. The highest BCUT2D eigenvalue weighted by Crippen LogP contribution is 2.12. The maximum absolute atomic E-state index is 11.9. The molecule has 21 heavy (non-hydrogen) atoms. The lowest BCUT2D eigenvalue weighted by Crippen LogP contribution is -2.27. The van der Waals surface area contributed by atoms with Crippen LogP contribution in [0.4, 0.5) is 5.69 Å². The van der Waals surface area contributed by atoms with Crippen LogP contribution in [0.1, 0.15) is 22.6 Å². The average Bonchev–Trinajstić information content (AvgIpc) is 2.73. The molecule has 1 aromatic heterocycles. The summed E-state index contributed by atoms with van der Waals surface area (Å²) in [6.07, 6.45) is 1.09. The van der Waals surface area contributed by atoms with Crippen LogP contribution in [0.2, 0.25) is 0 Å². The lowest BCUT2D eigenvalue weighted by molar-refractivity contribution is -0.120. The van der Waals surface area contributed by atoms with Gasteiger partial charge in [-0.25, -0.2) is 0 Å². The number of carbonyl (C=O) groups is 1. The fourth-order valence-electron chi connectivity index (χ4n) is 2.01. The Morgan fingerprint density at radius 2 is 1.95 bits per heavy atom. The smallest absolute Gasteiger partial charge is 0.224 e. The molecule has 0 spiro atoms. The molecule has 5 nitrogen and oxygen atoms in total. The van der Waals surface area contributed by atoms with Gasteiger partial charge < -0.3 is 15.6 Å². The monoisotopic (exact) mass is 309 g/mol. The zero-order valence-electron chi connectivity index (χ0n) is 12.2. The number of anilines is 1. The summed E-state index contributed by atoms with van der Waals surface area (Å²) in [5, 5.41) is 6.74. The van der Waals surface area contributed by atoms with Crippen LogP contribution in [-0.2, 0) is 17.6 Å². The van der Waals surface area contributed by atoms with Crippen molar-refractivity contribution < 1.29 is 9.32 Å². The van der Waals surface area contributed by atoms with Gasteiger partial charge in [-0.3, -0.25) is 4.79 Å². The number of benzene rings is 1. The molecule has 3 N–H and O–H groups in total. The number of hydrogen-bond acceptors (Lipinski definition) is 4. The summed E-state index contributed by atoms with van der Waals surface area (Å²) in [5.74, 6) is 0.686. The van der Waals surface area contributed by atoms with Crippen molar-refractivity contribution in [3.63, 3.8) is 0 Å². The van der Waals surface area contributed by atoms with Crippen LogP contribution in [0.15, 0.2) is 28.8 Å². The second-order valence-corrected chi connectivity index (χ2v) is 4.82. The Hall–Kier alpha value is -2.01. The topological polar surface area (TPSA) is 81.2 Å². The third-order valence-corrected chi connectivity index (χ3v) is 3.23. The molecule has 0 saturated heterocycles. The third kappa shape index (κ3) is 4.79. The molecular weight excluding hydrogens is 290 g/mol. The minimum atomic E-state index is -0.0187. The van der Waals surface area contributed by atoms with Gasteiger partial charge in [0, 0.05) is 17.8 Å². The Bertz CT molecular complexity index is 574. The zero-order chi connectivity index (χ0) is 14.5. The summed E-state index contributed by atoms with van der Waals surface area (Å²) in [6.45, 7) is 4.26. The number of aryl methyl sites for hydroxylation is 2. The summed E-state index contributed by atoms with van der Waals surface area (Å²) in [5.41, 5.74) is 9.16.